The average Bonchev–Trinajstić information content (AvgIpc) is 2.10. The van der Waals surface area contributed by atoms with Crippen molar-refractivity contribution in [3.63, 3.8) is 0 Å². The molecule has 0 saturated heterocycles. The van der Waals surface area contributed by atoms with Crippen LogP contribution in [0.5, 0.6) is 0 Å². The van der Waals surface area contributed by atoms with Crippen molar-refractivity contribution in [2.24, 2.45) is 23.7 Å². The second kappa shape index (κ2) is 2.74. The second-order valence-corrected chi connectivity index (χ2v) is 5.21. The van der Waals surface area contributed by atoms with Crippen LogP contribution in [0.4, 0.5) is 0 Å². The molecule has 13 heavy (non-hydrogen) atoms. The van der Waals surface area contributed by atoms with Gasteiger partial charge in [-0.15, -0.1) is 0 Å². The molecule has 1 heteroatoms. The first kappa shape index (κ1) is 7.85. The molecule has 1 nitrogen and oxygen atoms in total. The summed E-state index contributed by atoms with van der Waals surface area (Å²) in [5, 5.41) is 8.78. The van der Waals surface area contributed by atoms with Crippen LogP contribution in [0.25, 0.3) is 0 Å². The van der Waals surface area contributed by atoms with Gasteiger partial charge >= 0.3 is 0 Å². The Labute approximate surface area is 80.1 Å². The van der Waals surface area contributed by atoms with Crippen molar-refractivity contribution < 1.29 is 0 Å². The van der Waals surface area contributed by atoms with E-state index in [1.54, 1.807) is 5.92 Å². The molecule has 0 aromatic heterocycles. The van der Waals surface area contributed by atoms with E-state index < -0.39 is 0 Å². The zero-order valence-corrected chi connectivity index (χ0v) is 8.00. The molecule has 4 fully saturated rings. The lowest BCUT2D eigenvalue weighted by Crippen LogP contribution is -2.43. The van der Waals surface area contributed by atoms with Crippen molar-refractivity contribution in [2.45, 2.75) is 38.5 Å². The van der Waals surface area contributed by atoms with Gasteiger partial charge in [0.15, 0.2) is 0 Å². The van der Waals surface area contributed by atoms with Gasteiger partial charge in [0, 0.05) is 6.42 Å². The minimum atomic E-state index is 0.759. The van der Waals surface area contributed by atoms with E-state index in [-0.39, 0.29) is 0 Å². The SMILES string of the molecule is N#CC[C]1C2CC3CC(C2)CC1C3. The molecule has 0 heterocycles. The maximum absolute atomic E-state index is 8.78. The van der Waals surface area contributed by atoms with Crippen LogP contribution in [0.2, 0.25) is 0 Å². The van der Waals surface area contributed by atoms with Gasteiger partial charge in [0.1, 0.15) is 0 Å². The Morgan fingerprint density at radius 2 is 1.54 bits per heavy atom. The van der Waals surface area contributed by atoms with Gasteiger partial charge in [-0.1, -0.05) is 0 Å². The highest BCUT2D eigenvalue weighted by molar-refractivity contribution is 5.16. The third-order valence-electron chi connectivity index (χ3n) is 4.47. The largest absolute Gasteiger partial charge is 0.198 e. The van der Waals surface area contributed by atoms with E-state index in [1.165, 1.54) is 32.1 Å². The fourth-order valence-corrected chi connectivity index (χ4v) is 4.17. The zero-order chi connectivity index (χ0) is 8.84. The molecule has 0 N–H and O–H groups in total. The van der Waals surface area contributed by atoms with Crippen LogP contribution in [0.1, 0.15) is 38.5 Å². The standard InChI is InChI=1S/C12H16N/c13-2-1-12-10-4-8-3-9(6-10)7-11(12)5-8/h8-11H,1,3-7H2. The fourth-order valence-electron chi connectivity index (χ4n) is 4.17. The maximum Gasteiger partial charge on any atom is 0.0628 e. The first-order valence-corrected chi connectivity index (χ1v) is 5.59. The van der Waals surface area contributed by atoms with Crippen molar-refractivity contribution in [1.29, 1.82) is 5.26 Å². The molecule has 0 aliphatic heterocycles. The maximum atomic E-state index is 8.78. The van der Waals surface area contributed by atoms with E-state index in [2.05, 4.69) is 6.07 Å². The Morgan fingerprint density at radius 3 is 2.00 bits per heavy atom. The van der Waals surface area contributed by atoms with Crippen molar-refractivity contribution in [3.8, 4) is 6.07 Å². The van der Waals surface area contributed by atoms with Gasteiger partial charge in [-0.2, -0.15) is 5.26 Å². The van der Waals surface area contributed by atoms with Crippen molar-refractivity contribution in [1.82, 2.24) is 0 Å². The molecule has 1 radical (unpaired) electrons. The van der Waals surface area contributed by atoms with Crippen LogP contribution in [0.15, 0.2) is 0 Å². The van der Waals surface area contributed by atoms with E-state index >= 15 is 0 Å². The second-order valence-electron chi connectivity index (χ2n) is 5.21. The summed E-state index contributed by atoms with van der Waals surface area (Å²) in [6, 6.07) is 2.36. The summed E-state index contributed by atoms with van der Waals surface area (Å²) in [6.07, 6.45) is 7.95. The quantitative estimate of drug-likeness (QED) is 0.599. The van der Waals surface area contributed by atoms with Crippen LogP contribution in [-0.2, 0) is 0 Å². The summed E-state index contributed by atoms with van der Waals surface area (Å²) >= 11 is 0. The van der Waals surface area contributed by atoms with Gasteiger partial charge in [0.25, 0.3) is 0 Å². The number of rotatable bonds is 1. The zero-order valence-electron chi connectivity index (χ0n) is 8.00. The van der Waals surface area contributed by atoms with E-state index in [0.29, 0.717) is 0 Å². The van der Waals surface area contributed by atoms with Crippen molar-refractivity contribution in [3.05, 3.63) is 5.92 Å². The van der Waals surface area contributed by atoms with E-state index in [1.807, 2.05) is 0 Å². The molecule has 0 spiro atoms. The molecular formula is C12H16N. The highest BCUT2D eigenvalue weighted by Crippen LogP contribution is 2.58. The first-order valence-electron chi connectivity index (χ1n) is 5.59. The van der Waals surface area contributed by atoms with Gasteiger partial charge in [0.2, 0.25) is 0 Å². The fraction of sp³-hybridized carbons (Fsp3) is 0.833. The average molecular weight is 174 g/mol. The summed E-state index contributed by atoms with van der Waals surface area (Å²) in [4.78, 5) is 0. The van der Waals surface area contributed by atoms with E-state index in [9.17, 15) is 0 Å². The van der Waals surface area contributed by atoms with Crippen LogP contribution < -0.4 is 0 Å². The lowest BCUT2D eigenvalue weighted by molar-refractivity contribution is 0.0404. The Kier molecular flexibility index (Phi) is 1.65. The highest BCUT2D eigenvalue weighted by atomic mass is 14.5. The molecule has 0 amide bonds. The summed E-state index contributed by atoms with van der Waals surface area (Å²) in [5.41, 5.74) is 0. The minimum absolute atomic E-state index is 0.759. The van der Waals surface area contributed by atoms with Gasteiger partial charge in [0.05, 0.1) is 6.07 Å². The number of nitrogens with zero attached hydrogens (tertiary/aromatic N) is 1. The molecule has 4 bridgehead atoms. The summed E-state index contributed by atoms with van der Waals surface area (Å²) < 4.78 is 0. The molecule has 0 unspecified atom stereocenters. The molecule has 4 aliphatic carbocycles. The number of nitriles is 1. The molecule has 0 aromatic carbocycles. The van der Waals surface area contributed by atoms with E-state index in [0.717, 1.165) is 30.1 Å². The first-order chi connectivity index (χ1) is 6.36. The summed E-state index contributed by atoms with van der Waals surface area (Å²) in [5.74, 6) is 5.41. The van der Waals surface area contributed by atoms with Crippen LogP contribution in [-0.4, -0.2) is 0 Å². The topological polar surface area (TPSA) is 23.8 Å². The Morgan fingerprint density at radius 1 is 1.00 bits per heavy atom. The van der Waals surface area contributed by atoms with Crippen LogP contribution in [0.3, 0.4) is 0 Å². The molecular weight excluding hydrogens is 158 g/mol. The predicted octanol–water partition coefficient (Wildman–Crippen LogP) is 2.93. The van der Waals surface area contributed by atoms with Crippen LogP contribution in [0, 0.1) is 40.9 Å². The normalized spacial score (nSPS) is 47.9. The minimum Gasteiger partial charge on any atom is -0.198 e. The Balaban J connectivity index is 1.82. The lowest BCUT2D eigenvalue weighted by atomic mass is 9.51. The van der Waals surface area contributed by atoms with E-state index in [4.69, 9.17) is 5.26 Å². The third-order valence-corrected chi connectivity index (χ3v) is 4.47. The van der Waals surface area contributed by atoms with Gasteiger partial charge < -0.3 is 0 Å². The van der Waals surface area contributed by atoms with Crippen molar-refractivity contribution >= 4 is 0 Å². The predicted molar refractivity (Wildman–Crippen MR) is 50.5 cm³/mol. The molecule has 4 aliphatic rings. The van der Waals surface area contributed by atoms with Gasteiger partial charge in [-0.25, -0.2) is 0 Å². The van der Waals surface area contributed by atoms with Crippen LogP contribution >= 0.6 is 0 Å². The van der Waals surface area contributed by atoms with Gasteiger partial charge in [-0.3, -0.25) is 0 Å². The van der Waals surface area contributed by atoms with Gasteiger partial charge in [-0.05, 0) is 61.7 Å². The highest BCUT2D eigenvalue weighted by Gasteiger charge is 2.48. The van der Waals surface area contributed by atoms with Crippen molar-refractivity contribution in [2.75, 3.05) is 0 Å². The molecule has 69 valence electrons. The number of hydrogen-bond acceptors (Lipinski definition) is 1. The Hall–Kier alpha value is -0.510. The smallest absolute Gasteiger partial charge is 0.0628 e. The monoisotopic (exact) mass is 174 g/mol. The molecule has 4 saturated carbocycles. The molecule has 0 atom stereocenters. The molecule has 4 rings (SSSR count). The molecule has 0 aromatic rings. The third kappa shape index (κ3) is 1.11. The number of hydrogen-bond donors (Lipinski definition) is 0. The summed E-state index contributed by atoms with van der Waals surface area (Å²) in [7, 11) is 0. The Bertz CT molecular complexity index is 222. The lowest BCUT2D eigenvalue weighted by Gasteiger charge is -2.53. The summed E-state index contributed by atoms with van der Waals surface area (Å²) in [6.45, 7) is 0.